The summed E-state index contributed by atoms with van der Waals surface area (Å²) in [6, 6.07) is 11.6. The molecule has 0 N–H and O–H groups in total. The molecule has 30 heavy (non-hydrogen) atoms. The Morgan fingerprint density at radius 2 is 1.87 bits per heavy atom. The summed E-state index contributed by atoms with van der Waals surface area (Å²) >= 11 is 6.08. The van der Waals surface area contributed by atoms with Crippen molar-refractivity contribution >= 4 is 23.6 Å². The Labute approximate surface area is 180 Å². The van der Waals surface area contributed by atoms with Gasteiger partial charge in [-0.05, 0) is 60.4 Å². The Bertz CT molecular complexity index is 1050. The van der Waals surface area contributed by atoms with Crippen LogP contribution in [0.1, 0.15) is 30.0 Å². The smallest absolute Gasteiger partial charge is 0.247 e. The predicted molar refractivity (Wildman–Crippen MR) is 115 cm³/mol. The van der Waals surface area contributed by atoms with Crippen LogP contribution in [0.25, 0.3) is 6.08 Å². The third-order valence-corrected chi connectivity index (χ3v) is 5.87. The summed E-state index contributed by atoms with van der Waals surface area (Å²) in [4.78, 5) is 14.9. The van der Waals surface area contributed by atoms with Crippen LogP contribution in [0, 0.1) is 0 Å². The zero-order valence-electron chi connectivity index (χ0n) is 16.5. The highest BCUT2D eigenvalue weighted by molar-refractivity contribution is 6.30. The van der Waals surface area contributed by atoms with Gasteiger partial charge >= 0.3 is 0 Å². The fourth-order valence-corrected chi connectivity index (χ4v) is 4.36. The number of carbonyl (C=O) groups is 1. The van der Waals surface area contributed by atoms with Gasteiger partial charge in [0.2, 0.25) is 5.91 Å². The maximum Gasteiger partial charge on any atom is 0.247 e. The topological polar surface area (TPSA) is 48.0 Å². The number of likely N-dealkylation sites (tertiary alicyclic amines) is 1. The molecule has 6 heteroatoms. The van der Waals surface area contributed by atoms with Gasteiger partial charge in [-0.15, -0.1) is 0 Å². The van der Waals surface area contributed by atoms with E-state index in [-0.39, 0.29) is 11.9 Å². The van der Waals surface area contributed by atoms with Gasteiger partial charge in [-0.3, -0.25) is 4.79 Å². The number of hydrogen-bond acceptors (Lipinski definition) is 4. The number of nitrogens with zero attached hydrogens (tertiary/aromatic N) is 1. The lowest BCUT2D eigenvalue weighted by atomic mass is 10.0. The second-order valence-corrected chi connectivity index (χ2v) is 8.05. The highest BCUT2D eigenvalue weighted by atomic mass is 35.5. The van der Waals surface area contributed by atoms with Crippen LogP contribution in [-0.4, -0.2) is 37.2 Å². The number of rotatable bonds is 3. The third kappa shape index (κ3) is 3.77. The molecule has 0 bridgehead atoms. The Balaban J connectivity index is 1.32. The molecule has 154 valence electrons. The molecule has 1 unspecified atom stereocenters. The first-order valence-electron chi connectivity index (χ1n) is 10.2. The van der Waals surface area contributed by atoms with E-state index in [9.17, 15) is 4.79 Å². The second kappa shape index (κ2) is 8.07. The van der Waals surface area contributed by atoms with Crippen molar-refractivity contribution in [2.24, 2.45) is 0 Å². The molecule has 5 rings (SSSR count). The van der Waals surface area contributed by atoms with Gasteiger partial charge in [0.1, 0.15) is 25.6 Å². The molecule has 3 aliphatic heterocycles. The van der Waals surface area contributed by atoms with E-state index in [2.05, 4.69) is 0 Å². The zero-order valence-corrected chi connectivity index (χ0v) is 17.2. The maximum absolute atomic E-state index is 13.0. The predicted octanol–water partition coefficient (Wildman–Crippen LogP) is 4.81. The van der Waals surface area contributed by atoms with E-state index in [4.69, 9.17) is 25.8 Å². The van der Waals surface area contributed by atoms with E-state index >= 15 is 0 Å². The van der Waals surface area contributed by atoms with Crippen LogP contribution in [0.3, 0.4) is 0 Å². The van der Waals surface area contributed by atoms with Gasteiger partial charge in [0, 0.05) is 23.2 Å². The molecule has 0 spiro atoms. The zero-order chi connectivity index (χ0) is 20.5. The van der Waals surface area contributed by atoms with Gasteiger partial charge in [-0.1, -0.05) is 23.7 Å². The van der Waals surface area contributed by atoms with Crippen LogP contribution >= 0.6 is 11.6 Å². The van der Waals surface area contributed by atoms with Crippen LogP contribution in [-0.2, 0) is 4.79 Å². The van der Waals surface area contributed by atoms with Crippen LogP contribution in [0.2, 0.25) is 5.02 Å². The summed E-state index contributed by atoms with van der Waals surface area (Å²) in [6.07, 6.45) is 7.41. The minimum Gasteiger partial charge on any atom is -0.488 e. The quantitative estimate of drug-likeness (QED) is 0.665. The Hall–Kier alpha value is -2.92. The highest BCUT2D eigenvalue weighted by Gasteiger charge is 2.30. The number of halogens is 1. The molecule has 3 heterocycles. The van der Waals surface area contributed by atoms with Gasteiger partial charge in [0.15, 0.2) is 11.5 Å². The van der Waals surface area contributed by atoms with Crippen LogP contribution < -0.4 is 14.2 Å². The monoisotopic (exact) mass is 423 g/mol. The van der Waals surface area contributed by atoms with Gasteiger partial charge in [-0.25, -0.2) is 0 Å². The lowest BCUT2D eigenvalue weighted by molar-refractivity contribution is -0.126. The van der Waals surface area contributed by atoms with Crippen molar-refractivity contribution in [3.8, 4) is 17.2 Å². The largest absolute Gasteiger partial charge is 0.488 e. The van der Waals surface area contributed by atoms with E-state index in [0.29, 0.717) is 24.8 Å². The van der Waals surface area contributed by atoms with Crippen LogP contribution in [0.15, 0.2) is 54.1 Å². The summed E-state index contributed by atoms with van der Waals surface area (Å²) in [7, 11) is 0. The molecule has 1 amide bonds. The van der Waals surface area contributed by atoms with Crippen molar-refractivity contribution in [1.29, 1.82) is 0 Å². The fourth-order valence-electron chi connectivity index (χ4n) is 4.18. The SMILES string of the molecule is O=C(/C=C/C1=Cc2cc(Cl)ccc2OC1)N1CCCC1c1ccc2c(c1)OCCO2. The number of amides is 1. The molecule has 1 saturated heterocycles. The fraction of sp³-hybridized carbons (Fsp3) is 0.292. The van der Waals surface area contributed by atoms with Crippen LogP contribution in [0.5, 0.6) is 17.2 Å². The summed E-state index contributed by atoms with van der Waals surface area (Å²) in [5, 5.41) is 0.661. The normalized spacial score (nSPS) is 20.0. The first-order chi connectivity index (χ1) is 14.7. The third-order valence-electron chi connectivity index (χ3n) is 5.63. The molecule has 2 aromatic rings. The Morgan fingerprint density at radius 3 is 2.77 bits per heavy atom. The molecule has 0 aliphatic carbocycles. The molecule has 5 nitrogen and oxygen atoms in total. The molecule has 1 fully saturated rings. The van der Waals surface area contributed by atoms with E-state index in [1.165, 1.54) is 0 Å². The number of fused-ring (bicyclic) bond motifs is 2. The minimum absolute atomic E-state index is 0.00480. The molecular formula is C24H22ClNO4. The first kappa shape index (κ1) is 19.1. The van der Waals surface area contributed by atoms with Gasteiger partial charge in [0.05, 0.1) is 6.04 Å². The molecular weight excluding hydrogens is 402 g/mol. The van der Waals surface area contributed by atoms with Crippen molar-refractivity contribution < 1.29 is 19.0 Å². The van der Waals surface area contributed by atoms with Crippen molar-refractivity contribution in [1.82, 2.24) is 4.90 Å². The summed E-state index contributed by atoms with van der Waals surface area (Å²) in [5.74, 6) is 2.34. The molecule has 2 aromatic carbocycles. The van der Waals surface area contributed by atoms with E-state index in [1.807, 2.05) is 53.5 Å². The summed E-state index contributed by atoms with van der Waals surface area (Å²) in [6.45, 7) is 2.31. The average molecular weight is 424 g/mol. The van der Waals surface area contributed by atoms with E-state index in [0.717, 1.165) is 53.3 Å². The Morgan fingerprint density at radius 1 is 1.03 bits per heavy atom. The molecule has 0 saturated carbocycles. The first-order valence-corrected chi connectivity index (χ1v) is 10.6. The number of carbonyl (C=O) groups excluding carboxylic acids is 1. The standard InChI is InChI=1S/C24H22ClNO4/c25-19-5-7-21-18(13-19)12-16(15-30-21)3-8-24(27)26-9-1-2-20(26)17-4-6-22-23(14-17)29-11-10-28-22/h3-8,12-14,20H,1-2,9-11,15H2/b8-3+. The van der Waals surface area contributed by atoms with Gasteiger partial charge < -0.3 is 19.1 Å². The molecule has 0 aromatic heterocycles. The number of hydrogen-bond donors (Lipinski definition) is 0. The number of ether oxygens (including phenoxy) is 3. The molecule has 1 atom stereocenters. The lowest BCUT2D eigenvalue weighted by Crippen LogP contribution is -2.29. The van der Waals surface area contributed by atoms with Crippen molar-refractivity contribution in [2.45, 2.75) is 18.9 Å². The summed E-state index contributed by atoms with van der Waals surface area (Å²) in [5.41, 5.74) is 2.95. The van der Waals surface area contributed by atoms with E-state index in [1.54, 1.807) is 6.08 Å². The highest BCUT2D eigenvalue weighted by Crippen LogP contribution is 2.38. The van der Waals surface area contributed by atoms with Crippen molar-refractivity contribution in [3.05, 3.63) is 70.3 Å². The Kier molecular flexibility index (Phi) is 5.13. The minimum atomic E-state index is 0.00480. The second-order valence-electron chi connectivity index (χ2n) is 7.62. The maximum atomic E-state index is 13.0. The lowest BCUT2D eigenvalue weighted by Gasteiger charge is -2.26. The summed E-state index contributed by atoms with van der Waals surface area (Å²) < 4.78 is 17.1. The van der Waals surface area contributed by atoms with Gasteiger partial charge in [-0.2, -0.15) is 0 Å². The average Bonchev–Trinajstić information content (AvgIpc) is 3.27. The van der Waals surface area contributed by atoms with E-state index < -0.39 is 0 Å². The van der Waals surface area contributed by atoms with Crippen LogP contribution in [0.4, 0.5) is 0 Å². The number of benzene rings is 2. The van der Waals surface area contributed by atoms with Crippen molar-refractivity contribution in [3.63, 3.8) is 0 Å². The molecule has 3 aliphatic rings. The molecule has 0 radical (unpaired) electrons. The van der Waals surface area contributed by atoms with Crippen molar-refractivity contribution in [2.75, 3.05) is 26.4 Å². The van der Waals surface area contributed by atoms with Gasteiger partial charge in [0.25, 0.3) is 0 Å².